The number of Topliss-reactive ketones (excluding diaryl/α,β-unsaturated/α-hetero) is 1. The van der Waals surface area contributed by atoms with Crippen LogP contribution in [0.2, 0.25) is 0 Å². The van der Waals surface area contributed by atoms with Gasteiger partial charge in [0.15, 0.2) is 5.78 Å². The largest absolute Gasteiger partial charge is 0.497 e. The van der Waals surface area contributed by atoms with E-state index in [4.69, 9.17) is 4.74 Å². The molecule has 4 heteroatoms. The van der Waals surface area contributed by atoms with Crippen LogP contribution >= 0.6 is 0 Å². The molecule has 1 N–H and O–H groups in total. The second-order valence-electron chi connectivity index (χ2n) is 4.21. The average Bonchev–Trinajstić information content (AvgIpc) is 2.35. The molecule has 1 aromatic rings. The molecule has 2 atom stereocenters. The van der Waals surface area contributed by atoms with Gasteiger partial charge in [0.1, 0.15) is 11.8 Å². The summed E-state index contributed by atoms with van der Waals surface area (Å²) in [5.41, 5.74) is 3.93. The molecule has 2 rings (SSSR count). The van der Waals surface area contributed by atoms with E-state index in [9.17, 15) is 4.79 Å². The lowest BCUT2D eigenvalue weighted by atomic mass is 9.95. The van der Waals surface area contributed by atoms with Crippen LogP contribution in [0.25, 0.3) is 0 Å². The molecule has 1 aliphatic heterocycles. The standard InChI is InChI=1S/C13H16N2O2/c1-9-8-14-15-12(13(9)16)7-10-4-3-5-11(6-10)17-2/h3-6,8-9,12,15H,7H2,1-2H3. The number of carbonyl (C=O) groups excluding carboxylic acids is 1. The van der Waals surface area contributed by atoms with Crippen molar-refractivity contribution in [1.29, 1.82) is 0 Å². The van der Waals surface area contributed by atoms with Crippen LogP contribution < -0.4 is 10.2 Å². The molecule has 1 aromatic carbocycles. The summed E-state index contributed by atoms with van der Waals surface area (Å²) >= 11 is 0. The zero-order valence-corrected chi connectivity index (χ0v) is 10.0. The average molecular weight is 232 g/mol. The number of methoxy groups -OCH3 is 1. The Hall–Kier alpha value is -1.84. The van der Waals surface area contributed by atoms with Gasteiger partial charge in [0.05, 0.1) is 13.0 Å². The number of hydrazone groups is 1. The van der Waals surface area contributed by atoms with Crippen LogP contribution in [0.5, 0.6) is 5.75 Å². The lowest BCUT2D eigenvalue weighted by molar-refractivity contribution is -0.122. The van der Waals surface area contributed by atoms with Crippen LogP contribution in [0, 0.1) is 5.92 Å². The number of rotatable bonds is 3. The Morgan fingerprint density at radius 1 is 1.47 bits per heavy atom. The minimum Gasteiger partial charge on any atom is -0.497 e. The summed E-state index contributed by atoms with van der Waals surface area (Å²) in [7, 11) is 1.63. The summed E-state index contributed by atoms with van der Waals surface area (Å²) in [6.45, 7) is 1.87. The van der Waals surface area contributed by atoms with Crippen LogP contribution in [0.3, 0.4) is 0 Å². The lowest BCUT2D eigenvalue weighted by Gasteiger charge is -2.21. The Morgan fingerprint density at radius 2 is 2.29 bits per heavy atom. The fraction of sp³-hybridized carbons (Fsp3) is 0.385. The van der Waals surface area contributed by atoms with E-state index >= 15 is 0 Å². The number of ketones is 1. The van der Waals surface area contributed by atoms with Gasteiger partial charge in [-0.15, -0.1) is 0 Å². The zero-order valence-electron chi connectivity index (χ0n) is 10.0. The van der Waals surface area contributed by atoms with E-state index in [2.05, 4.69) is 10.5 Å². The van der Waals surface area contributed by atoms with Crippen LogP contribution in [-0.2, 0) is 11.2 Å². The highest BCUT2D eigenvalue weighted by Crippen LogP contribution is 2.16. The summed E-state index contributed by atoms with van der Waals surface area (Å²) in [5.74, 6) is 0.886. The van der Waals surface area contributed by atoms with Crippen molar-refractivity contribution >= 4 is 12.0 Å². The maximum atomic E-state index is 11.9. The molecule has 2 unspecified atom stereocenters. The molecule has 1 aliphatic rings. The minimum atomic E-state index is -0.234. The van der Waals surface area contributed by atoms with E-state index in [1.54, 1.807) is 13.3 Å². The summed E-state index contributed by atoms with van der Waals surface area (Å²) < 4.78 is 5.16. The quantitative estimate of drug-likeness (QED) is 0.857. The third kappa shape index (κ3) is 2.64. The highest BCUT2D eigenvalue weighted by molar-refractivity contribution is 5.99. The summed E-state index contributed by atoms with van der Waals surface area (Å²) in [5, 5.41) is 4.00. The van der Waals surface area contributed by atoms with Crippen LogP contribution in [0.15, 0.2) is 29.4 Å². The van der Waals surface area contributed by atoms with Gasteiger partial charge in [-0.3, -0.25) is 10.2 Å². The molecule has 17 heavy (non-hydrogen) atoms. The fourth-order valence-corrected chi connectivity index (χ4v) is 1.88. The smallest absolute Gasteiger partial charge is 0.165 e. The number of hydrogen-bond donors (Lipinski definition) is 1. The van der Waals surface area contributed by atoms with E-state index in [-0.39, 0.29) is 17.7 Å². The molecule has 0 saturated heterocycles. The van der Waals surface area contributed by atoms with E-state index in [0.29, 0.717) is 6.42 Å². The molecule has 0 bridgehead atoms. The maximum absolute atomic E-state index is 11.9. The molecule has 0 fully saturated rings. The predicted octanol–water partition coefficient (Wildman–Crippen LogP) is 1.40. The molecule has 1 heterocycles. The van der Waals surface area contributed by atoms with Crippen molar-refractivity contribution in [3.05, 3.63) is 29.8 Å². The number of nitrogens with zero attached hydrogens (tertiary/aromatic N) is 1. The number of hydrogen-bond acceptors (Lipinski definition) is 4. The third-order valence-corrected chi connectivity index (χ3v) is 2.89. The fourth-order valence-electron chi connectivity index (χ4n) is 1.88. The van der Waals surface area contributed by atoms with Gasteiger partial charge in [0, 0.05) is 12.6 Å². The van der Waals surface area contributed by atoms with E-state index in [0.717, 1.165) is 11.3 Å². The predicted molar refractivity (Wildman–Crippen MR) is 66.3 cm³/mol. The van der Waals surface area contributed by atoms with Gasteiger partial charge in [-0.25, -0.2) is 0 Å². The molecule has 90 valence electrons. The molecular weight excluding hydrogens is 216 g/mol. The first-order chi connectivity index (χ1) is 8.20. The van der Waals surface area contributed by atoms with Gasteiger partial charge in [0.25, 0.3) is 0 Å². The second kappa shape index (κ2) is 4.99. The third-order valence-electron chi connectivity index (χ3n) is 2.89. The summed E-state index contributed by atoms with van der Waals surface area (Å²) in [6, 6.07) is 7.51. The Balaban J connectivity index is 2.10. The summed E-state index contributed by atoms with van der Waals surface area (Å²) in [6.07, 6.45) is 2.28. The Kier molecular flexibility index (Phi) is 3.42. The monoisotopic (exact) mass is 232 g/mol. The number of carbonyl (C=O) groups is 1. The number of nitrogens with one attached hydrogen (secondary N) is 1. The van der Waals surface area contributed by atoms with Gasteiger partial charge >= 0.3 is 0 Å². The molecule has 4 nitrogen and oxygen atoms in total. The highest BCUT2D eigenvalue weighted by Gasteiger charge is 2.25. The van der Waals surface area contributed by atoms with E-state index in [1.807, 2.05) is 31.2 Å². The zero-order chi connectivity index (χ0) is 12.3. The van der Waals surface area contributed by atoms with Gasteiger partial charge < -0.3 is 4.74 Å². The van der Waals surface area contributed by atoms with Crippen LogP contribution in [-0.4, -0.2) is 25.1 Å². The van der Waals surface area contributed by atoms with Crippen molar-refractivity contribution in [2.45, 2.75) is 19.4 Å². The maximum Gasteiger partial charge on any atom is 0.165 e. The van der Waals surface area contributed by atoms with Crippen molar-refractivity contribution in [2.75, 3.05) is 7.11 Å². The Labute approximate surface area is 101 Å². The van der Waals surface area contributed by atoms with Crippen molar-refractivity contribution in [1.82, 2.24) is 5.43 Å². The lowest BCUT2D eigenvalue weighted by Crippen LogP contribution is -2.42. The first-order valence-corrected chi connectivity index (χ1v) is 5.66. The Morgan fingerprint density at radius 3 is 3.06 bits per heavy atom. The van der Waals surface area contributed by atoms with Crippen LogP contribution in [0.4, 0.5) is 0 Å². The van der Waals surface area contributed by atoms with Crippen molar-refractivity contribution in [2.24, 2.45) is 11.0 Å². The highest BCUT2D eigenvalue weighted by atomic mass is 16.5. The number of ether oxygens (including phenoxy) is 1. The van der Waals surface area contributed by atoms with Crippen molar-refractivity contribution < 1.29 is 9.53 Å². The van der Waals surface area contributed by atoms with Gasteiger partial charge in [0.2, 0.25) is 0 Å². The first kappa shape index (κ1) is 11.6. The SMILES string of the molecule is COc1cccc(CC2NN=CC(C)C2=O)c1. The first-order valence-electron chi connectivity index (χ1n) is 5.66. The molecular formula is C13H16N2O2. The molecule has 0 radical (unpaired) electrons. The second-order valence-corrected chi connectivity index (χ2v) is 4.21. The molecule has 0 spiro atoms. The topological polar surface area (TPSA) is 50.7 Å². The van der Waals surface area contributed by atoms with Crippen molar-refractivity contribution in [3.8, 4) is 5.75 Å². The van der Waals surface area contributed by atoms with Gasteiger partial charge in [-0.2, -0.15) is 5.10 Å². The normalized spacial score (nSPS) is 23.3. The van der Waals surface area contributed by atoms with Crippen molar-refractivity contribution in [3.63, 3.8) is 0 Å². The Bertz CT molecular complexity index is 443. The van der Waals surface area contributed by atoms with Gasteiger partial charge in [-0.05, 0) is 17.7 Å². The number of benzene rings is 1. The van der Waals surface area contributed by atoms with E-state index in [1.165, 1.54) is 0 Å². The summed E-state index contributed by atoms with van der Waals surface area (Å²) in [4.78, 5) is 11.9. The molecule has 0 amide bonds. The van der Waals surface area contributed by atoms with E-state index < -0.39 is 0 Å². The molecule has 0 aromatic heterocycles. The molecule has 0 saturated carbocycles. The van der Waals surface area contributed by atoms with Crippen LogP contribution in [0.1, 0.15) is 12.5 Å². The molecule has 0 aliphatic carbocycles. The minimum absolute atomic E-state index is 0.105. The van der Waals surface area contributed by atoms with Gasteiger partial charge in [-0.1, -0.05) is 19.1 Å².